The highest BCUT2D eigenvalue weighted by Crippen LogP contribution is 2.20. The summed E-state index contributed by atoms with van der Waals surface area (Å²) in [5.74, 6) is 0.653. The van der Waals surface area contributed by atoms with Crippen LogP contribution in [0.5, 0.6) is 0 Å². The number of halogens is 1. The molecular weight excluding hydrogens is 306 g/mol. The summed E-state index contributed by atoms with van der Waals surface area (Å²) in [6, 6.07) is 9.37. The summed E-state index contributed by atoms with van der Waals surface area (Å²) in [7, 11) is 0. The predicted molar refractivity (Wildman–Crippen MR) is 77.6 cm³/mol. The highest BCUT2D eigenvalue weighted by atomic mass is 79.9. The first-order valence-corrected chi connectivity index (χ1v) is 6.39. The number of pyridine rings is 1. The van der Waals surface area contributed by atoms with E-state index in [0.29, 0.717) is 11.4 Å². The summed E-state index contributed by atoms with van der Waals surface area (Å²) in [6.07, 6.45) is 3.49. The van der Waals surface area contributed by atoms with Gasteiger partial charge in [-0.15, -0.1) is 0 Å². The number of fused-ring (bicyclic) bond motifs is 1. The monoisotopic (exact) mass is 315 g/mol. The molecule has 3 N–H and O–H groups in total. The number of nitrogen functional groups attached to an aromatic ring is 1. The van der Waals surface area contributed by atoms with Gasteiger partial charge >= 0.3 is 0 Å². The number of amidine groups is 1. The largest absolute Gasteiger partial charge is 0.384 e. The van der Waals surface area contributed by atoms with Gasteiger partial charge in [-0.3, -0.25) is 5.41 Å². The van der Waals surface area contributed by atoms with Gasteiger partial charge in [0.15, 0.2) is 5.82 Å². The second-order valence-electron chi connectivity index (χ2n) is 4.06. The van der Waals surface area contributed by atoms with E-state index in [1.807, 2.05) is 24.3 Å². The zero-order chi connectivity index (χ0) is 13.4. The Bertz CT molecular complexity index is 778. The molecule has 0 radical (unpaired) electrons. The van der Waals surface area contributed by atoms with Crippen molar-refractivity contribution >= 4 is 32.7 Å². The van der Waals surface area contributed by atoms with Gasteiger partial charge in [0.2, 0.25) is 0 Å². The molecule has 0 unspecified atom stereocenters. The van der Waals surface area contributed by atoms with Crippen LogP contribution in [0, 0.1) is 5.41 Å². The molecule has 0 saturated carbocycles. The van der Waals surface area contributed by atoms with E-state index in [9.17, 15) is 0 Å². The van der Waals surface area contributed by atoms with E-state index in [1.165, 1.54) is 0 Å². The topological polar surface area (TPSA) is 80.6 Å². The number of nitrogens with one attached hydrogen (secondary N) is 1. The van der Waals surface area contributed by atoms with Gasteiger partial charge in [-0.05, 0) is 28.1 Å². The molecule has 0 bridgehead atoms. The maximum Gasteiger partial charge on any atom is 0.154 e. The number of benzene rings is 1. The van der Waals surface area contributed by atoms with Crippen molar-refractivity contribution in [3.05, 3.63) is 52.8 Å². The van der Waals surface area contributed by atoms with Crippen molar-refractivity contribution in [2.75, 3.05) is 0 Å². The van der Waals surface area contributed by atoms with E-state index < -0.39 is 0 Å². The highest BCUT2D eigenvalue weighted by Gasteiger charge is 2.09. The first kappa shape index (κ1) is 11.9. The molecule has 0 saturated heterocycles. The van der Waals surface area contributed by atoms with Crippen LogP contribution in [-0.4, -0.2) is 20.6 Å². The normalized spacial score (nSPS) is 10.8. The van der Waals surface area contributed by atoms with Crippen LogP contribution in [-0.2, 0) is 0 Å². The lowest BCUT2D eigenvalue weighted by molar-refractivity contribution is 0.852. The first-order valence-electron chi connectivity index (χ1n) is 5.60. The van der Waals surface area contributed by atoms with Gasteiger partial charge in [0.25, 0.3) is 0 Å². The van der Waals surface area contributed by atoms with Crippen molar-refractivity contribution in [2.24, 2.45) is 5.73 Å². The minimum Gasteiger partial charge on any atom is -0.384 e. The number of aromatic nitrogens is 3. The Labute approximate surface area is 117 Å². The highest BCUT2D eigenvalue weighted by molar-refractivity contribution is 9.10. The van der Waals surface area contributed by atoms with E-state index in [-0.39, 0.29) is 5.84 Å². The Kier molecular flexibility index (Phi) is 2.79. The Morgan fingerprint density at radius 3 is 2.79 bits per heavy atom. The van der Waals surface area contributed by atoms with Crippen LogP contribution in [0.4, 0.5) is 0 Å². The number of nitrogens with two attached hydrogens (primary N) is 1. The Morgan fingerprint density at radius 1 is 1.32 bits per heavy atom. The lowest BCUT2D eigenvalue weighted by Crippen LogP contribution is -2.13. The average Bonchev–Trinajstić information content (AvgIpc) is 2.84. The standard InChI is InChI=1S/C13H10BrN5/c14-8-6-17-19(7-8)12-5-10(13(15)16)9-3-1-2-4-11(9)18-12/h1-7H,(H3,15,16). The smallest absolute Gasteiger partial charge is 0.154 e. The van der Waals surface area contributed by atoms with Gasteiger partial charge in [0.1, 0.15) is 5.84 Å². The fourth-order valence-corrected chi connectivity index (χ4v) is 2.21. The summed E-state index contributed by atoms with van der Waals surface area (Å²) < 4.78 is 2.51. The fraction of sp³-hybridized carbons (Fsp3) is 0. The van der Waals surface area contributed by atoms with Gasteiger partial charge in [0, 0.05) is 17.1 Å². The number of hydrogen-bond acceptors (Lipinski definition) is 3. The van der Waals surface area contributed by atoms with Crippen LogP contribution >= 0.6 is 15.9 Å². The third kappa shape index (κ3) is 2.10. The van der Waals surface area contributed by atoms with E-state index in [1.54, 1.807) is 23.1 Å². The van der Waals surface area contributed by atoms with Crippen molar-refractivity contribution in [1.82, 2.24) is 14.8 Å². The van der Waals surface area contributed by atoms with Crippen molar-refractivity contribution in [1.29, 1.82) is 5.41 Å². The van der Waals surface area contributed by atoms with Gasteiger partial charge in [-0.1, -0.05) is 18.2 Å². The van der Waals surface area contributed by atoms with E-state index in [2.05, 4.69) is 26.0 Å². The van der Waals surface area contributed by atoms with Crippen LogP contribution in [0.25, 0.3) is 16.7 Å². The number of rotatable bonds is 2. The summed E-state index contributed by atoms with van der Waals surface area (Å²) >= 11 is 3.35. The molecule has 1 aromatic carbocycles. The van der Waals surface area contributed by atoms with Gasteiger partial charge in [-0.2, -0.15) is 5.10 Å². The van der Waals surface area contributed by atoms with Crippen LogP contribution < -0.4 is 5.73 Å². The molecule has 0 aliphatic heterocycles. The van der Waals surface area contributed by atoms with Crippen molar-refractivity contribution in [3.63, 3.8) is 0 Å². The molecule has 0 aliphatic rings. The quantitative estimate of drug-likeness (QED) is 0.563. The number of hydrogen-bond donors (Lipinski definition) is 2. The molecule has 3 aromatic rings. The first-order chi connectivity index (χ1) is 9.15. The molecule has 2 heterocycles. The molecule has 3 rings (SSSR count). The van der Waals surface area contributed by atoms with E-state index in [4.69, 9.17) is 11.1 Å². The van der Waals surface area contributed by atoms with Crippen LogP contribution in [0.2, 0.25) is 0 Å². The van der Waals surface area contributed by atoms with Gasteiger partial charge in [0.05, 0.1) is 16.2 Å². The molecule has 2 aromatic heterocycles. The van der Waals surface area contributed by atoms with Gasteiger partial charge < -0.3 is 5.73 Å². The molecule has 0 fully saturated rings. The molecule has 19 heavy (non-hydrogen) atoms. The van der Waals surface area contributed by atoms with E-state index >= 15 is 0 Å². The number of nitrogens with zero attached hydrogens (tertiary/aromatic N) is 3. The lowest BCUT2D eigenvalue weighted by Gasteiger charge is -2.08. The van der Waals surface area contributed by atoms with Crippen molar-refractivity contribution in [2.45, 2.75) is 0 Å². The Morgan fingerprint density at radius 2 is 2.11 bits per heavy atom. The third-order valence-electron chi connectivity index (χ3n) is 2.78. The van der Waals surface area contributed by atoms with Crippen molar-refractivity contribution < 1.29 is 0 Å². The molecule has 0 aliphatic carbocycles. The Hall–Kier alpha value is -2.21. The molecule has 0 spiro atoms. The molecule has 94 valence electrons. The Balaban J connectivity index is 2.30. The summed E-state index contributed by atoms with van der Waals surface area (Å²) in [6.45, 7) is 0. The average molecular weight is 316 g/mol. The van der Waals surface area contributed by atoms with Crippen LogP contribution in [0.3, 0.4) is 0 Å². The second kappa shape index (κ2) is 4.47. The maximum absolute atomic E-state index is 7.69. The molecule has 5 nitrogen and oxygen atoms in total. The molecule has 0 amide bonds. The van der Waals surface area contributed by atoms with Crippen molar-refractivity contribution in [3.8, 4) is 5.82 Å². The van der Waals surface area contributed by atoms with Gasteiger partial charge in [-0.25, -0.2) is 9.67 Å². The summed E-state index contributed by atoms with van der Waals surface area (Å²) in [4.78, 5) is 4.53. The SMILES string of the molecule is N=C(N)c1cc(-n2cc(Br)cn2)nc2ccccc12. The molecular formula is C13H10BrN5. The zero-order valence-corrected chi connectivity index (χ0v) is 11.4. The number of para-hydroxylation sites is 1. The zero-order valence-electron chi connectivity index (χ0n) is 9.84. The minimum atomic E-state index is 0.0195. The van der Waals surface area contributed by atoms with Crippen LogP contribution in [0.1, 0.15) is 5.56 Å². The third-order valence-corrected chi connectivity index (χ3v) is 3.19. The predicted octanol–water partition coefficient (Wildman–Crippen LogP) is 2.47. The van der Waals surface area contributed by atoms with Crippen LogP contribution in [0.15, 0.2) is 47.2 Å². The van der Waals surface area contributed by atoms with E-state index in [0.717, 1.165) is 15.4 Å². The second-order valence-corrected chi connectivity index (χ2v) is 4.98. The fourth-order valence-electron chi connectivity index (χ4n) is 1.93. The lowest BCUT2D eigenvalue weighted by atomic mass is 10.1. The summed E-state index contributed by atoms with van der Waals surface area (Å²) in [5.41, 5.74) is 7.10. The maximum atomic E-state index is 7.69. The summed E-state index contributed by atoms with van der Waals surface area (Å²) in [5, 5.41) is 12.7. The molecule has 6 heteroatoms. The minimum absolute atomic E-state index is 0.0195. The molecule has 0 atom stereocenters.